The summed E-state index contributed by atoms with van der Waals surface area (Å²) in [7, 11) is 0. The second kappa shape index (κ2) is 5.27. The number of hydrogen-bond donors (Lipinski definition) is 0. The van der Waals surface area contributed by atoms with E-state index < -0.39 is 22.9 Å². The molecule has 1 amide bonds. The van der Waals surface area contributed by atoms with E-state index in [1.807, 2.05) is 20.8 Å². The number of imidazole rings is 1. The minimum Gasteiger partial charge on any atom is -0.301 e. The van der Waals surface area contributed by atoms with Gasteiger partial charge in [-0.2, -0.15) is 5.10 Å². The Morgan fingerprint density at radius 3 is 2.39 bits per heavy atom. The molecule has 0 saturated heterocycles. The Balaban J connectivity index is 1.59. The van der Waals surface area contributed by atoms with Crippen LogP contribution in [0, 0.1) is 11.6 Å². The Bertz CT molecular complexity index is 1100. The summed E-state index contributed by atoms with van der Waals surface area (Å²) >= 11 is 0. The number of halogens is 2. The van der Waals surface area contributed by atoms with E-state index >= 15 is 8.78 Å². The van der Waals surface area contributed by atoms with Gasteiger partial charge in [0.05, 0.1) is 11.9 Å². The van der Waals surface area contributed by atoms with Gasteiger partial charge in [-0.25, -0.2) is 23.3 Å². The first-order chi connectivity index (χ1) is 13.2. The monoisotopic (exact) mass is 383 g/mol. The second-order valence-electron chi connectivity index (χ2n) is 8.45. The zero-order valence-corrected chi connectivity index (χ0v) is 15.8. The van der Waals surface area contributed by atoms with Gasteiger partial charge in [-0.3, -0.25) is 4.79 Å². The van der Waals surface area contributed by atoms with Crippen molar-refractivity contribution >= 4 is 17.5 Å². The third-order valence-corrected chi connectivity index (χ3v) is 5.55. The lowest BCUT2D eigenvalue weighted by atomic mass is 9.90. The summed E-state index contributed by atoms with van der Waals surface area (Å²) in [5, 5.41) is 4.22. The number of benzene rings is 1. The third-order valence-electron chi connectivity index (χ3n) is 5.55. The lowest BCUT2D eigenvalue weighted by Crippen LogP contribution is -2.31. The van der Waals surface area contributed by atoms with Crippen LogP contribution in [0.1, 0.15) is 39.2 Å². The minimum absolute atomic E-state index is 0.132. The molecule has 0 radical (unpaired) electrons. The van der Waals surface area contributed by atoms with E-state index in [1.54, 1.807) is 23.2 Å². The van der Waals surface area contributed by atoms with Crippen molar-refractivity contribution in [1.82, 2.24) is 19.3 Å². The average Bonchev–Trinajstić information content (AvgIpc) is 2.99. The van der Waals surface area contributed by atoms with Gasteiger partial charge in [-0.15, -0.1) is 0 Å². The lowest BCUT2D eigenvalue weighted by Gasteiger charge is -2.18. The van der Waals surface area contributed by atoms with Gasteiger partial charge >= 0.3 is 0 Å². The number of rotatable bonds is 2. The molecule has 8 heteroatoms. The predicted molar refractivity (Wildman–Crippen MR) is 98.8 cm³/mol. The van der Waals surface area contributed by atoms with Gasteiger partial charge in [-0.05, 0) is 23.8 Å². The molecule has 3 heterocycles. The Morgan fingerprint density at radius 2 is 1.82 bits per heavy atom. The van der Waals surface area contributed by atoms with Crippen molar-refractivity contribution in [2.24, 2.45) is 0 Å². The van der Waals surface area contributed by atoms with Crippen molar-refractivity contribution in [2.45, 2.75) is 44.6 Å². The van der Waals surface area contributed by atoms with Crippen LogP contribution >= 0.6 is 0 Å². The van der Waals surface area contributed by atoms with Crippen LogP contribution in [0.25, 0.3) is 5.69 Å². The molecule has 1 aliphatic heterocycles. The summed E-state index contributed by atoms with van der Waals surface area (Å²) < 4.78 is 33.2. The van der Waals surface area contributed by atoms with Gasteiger partial charge in [-0.1, -0.05) is 20.8 Å². The molecule has 144 valence electrons. The molecule has 1 spiro atoms. The highest BCUT2D eigenvalue weighted by Crippen LogP contribution is 2.54. The molecule has 0 bridgehead atoms. The smallest absolute Gasteiger partial charge is 0.260 e. The molecular weight excluding hydrogens is 364 g/mol. The maximum absolute atomic E-state index is 15.0. The summed E-state index contributed by atoms with van der Waals surface area (Å²) in [5.74, 6) is -1.75. The fraction of sp³-hybridized carbons (Fsp3) is 0.350. The quantitative estimate of drug-likeness (QED) is 0.676. The standard InChI is InChI=1S/C20H19F2N5O/c1-19(2,3)12-10-24-26(11-12)13-8-14(21)16(15(22)9-13)27-17(28)20(4-5-20)25-7-6-23-18(25)27/h6-11H,4-5H2,1-3H3. The minimum atomic E-state index is -0.830. The van der Waals surface area contributed by atoms with Crippen LogP contribution < -0.4 is 4.90 Å². The summed E-state index contributed by atoms with van der Waals surface area (Å²) in [4.78, 5) is 18.1. The molecule has 5 rings (SSSR count). The summed E-state index contributed by atoms with van der Waals surface area (Å²) in [5.41, 5.74) is -0.0526. The van der Waals surface area contributed by atoms with E-state index in [9.17, 15) is 4.79 Å². The van der Waals surface area contributed by atoms with E-state index in [-0.39, 0.29) is 23.0 Å². The highest BCUT2D eigenvalue weighted by atomic mass is 19.1. The topological polar surface area (TPSA) is 56.0 Å². The maximum Gasteiger partial charge on any atom is 0.260 e. The van der Waals surface area contributed by atoms with Gasteiger partial charge in [0.25, 0.3) is 5.91 Å². The van der Waals surface area contributed by atoms with E-state index in [0.29, 0.717) is 12.8 Å². The van der Waals surface area contributed by atoms with Crippen molar-refractivity contribution in [1.29, 1.82) is 0 Å². The first-order valence-corrected chi connectivity index (χ1v) is 9.15. The molecular formula is C20H19F2N5O. The summed E-state index contributed by atoms with van der Waals surface area (Å²) in [6.07, 6.45) is 7.95. The number of amides is 1. The molecule has 3 aromatic rings. The van der Waals surface area contributed by atoms with Crippen LogP contribution in [0.5, 0.6) is 0 Å². The molecule has 1 fully saturated rings. The van der Waals surface area contributed by atoms with Crippen LogP contribution in [-0.4, -0.2) is 25.2 Å². The second-order valence-corrected chi connectivity index (χ2v) is 8.45. The molecule has 2 aromatic heterocycles. The fourth-order valence-corrected chi connectivity index (χ4v) is 3.72. The van der Waals surface area contributed by atoms with Crippen LogP contribution in [0.4, 0.5) is 20.4 Å². The maximum atomic E-state index is 15.0. The highest BCUT2D eigenvalue weighted by molar-refractivity contribution is 6.09. The number of fused-ring (bicyclic) bond motifs is 2. The fourth-order valence-electron chi connectivity index (χ4n) is 3.72. The Kier molecular flexibility index (Phi) is 3.22. The van der Waals surface area contributed by atoms with E-state index in [4.69, 9.17) is 0 Å². The number of carbonyl (C=O) groups is 1. The van der Waals surface area contributed by atoms with Gasteiger partial charge in [0.1, 0.15) is 11.2 Å². The molecule has 0 N–H and O–H groups in total. The van der Waals surface area contributed by atoms with Crippen LogP contribution in [-0.2, 0) is 15.7 Å². The molecule has 0 atom stereocenters. The number of anilines is 2. The van der Waals surface area contributed by atoms with Crippen molar-refractivity contribution in [3.63, 3.8) is 0 Å². The van der Waals surface area contributed by atoms with Gasteiger partial charge in [0.2, 0.25) is 5.95 Å². The molecule has 0 unspecified atom stereocenters. The van der Waals surface area contributed by atoms with Crippen molar-refractivity contribution in [3.05, 3.63) is 54.1 Å². The van der Waals surface area contributed by atoms with E-state index in [2.05, 4.69) is 10.1 Å². The Hall–Kier alpha value is -3.03. The SMILES string of the molecule is CC(C)(C)c1cnn(-c2cc(F)c(N3C(=O)C4(CC4)n4ccnc43)c(F)c2)c1. The van der Waals surface area contributed by atoms with Crippen LogP contribution in [0.15, 0.2) is 36.9 Å². The van der Waals surface area contributed by atoms with Gasteiger partial charge in [0, 0.05) is 30.7 Å². The molecule has 6 nitrogen and oxygen atoms in total. The molecule has 1 saturated carbocycles. The first kappa shape index (κ1) is 17.1. The largest absolute Gasteiger partial charge is 0.301 e. The molecule has 1 aliphatic carbocycles. The molecule has 1 aromatic carbocycles. The predicted octanol–water partition coefficient (Wildman–Crippen LogP) is 3.81. The van der Waals surface area contributed by atoms with Crippen LogP contribution in [0.3, 0.4) is 0 Å². The zero-order chi connectivity index (χ0) is 19.8. The number of hydrogen-bond acceptors (Lipinski definition) is 3. The normalized spacial score (nSPS) is 17.5. The Labute approximate surface area is 160 Å². The number of aromatic nitrogens is 4. The average molecular weight is 383 g/mol. The molecule has 2 aliphatic rings. The summed E-state index contributed by atoms with van der Waals surface area (Å²) in [6, 6.07) is 2.38. The van der Waals surface area contributed by atoms with Gasteiger partial charge in [0.15, 0.2) is 11.6 Å². The molecule has 28 heavy (non-hydrogen) atoms. The zero-order valence-electron chi connectivity index (χ0n) is 15.8. The van der Waals surface area contributed by atoms with Gasteiger partial charge < -0.3 is 4.57 Å². The number of nitrogens with zero attached hydrogens (tertiary/aromatic N) is 5. The number of carbonyl (C=O) groups excluding carboxylic acids is 1. The van der Waals surface area contributed by atoms with Crippen molar-refractivity contribution in [3.8, 4) is 5.69 Å². The third kappa shape index (κ3) is 2.20. The summed E-state index contributed by atoms with van der Waals surface area (Å²) in [6.45, 7) is 6.11. The highest BCUT2D eigenvalue weighted by Gasteiger charge is 2.60. The van der Waals surface area contributed by atoms with Crippen molar-refractivity contribution < 1.29 is 13.6 Å². The van der Waals surface area contributed by atoms with Crippen molar-refractivity contribution in [2.75, 3.05) is 4.90 Å². The lowest BCUT2D eigenvalue weighted by molar-refractivity contribution is -0.120. The van der Waals surface area contributed by atoms with E-state index in [1.165, 1.54) is 23.0 Å². The van der Waals surface area contributed by atoms with E-state index in [0.717, 1.165) is 10.5 Å². The first-order valence-electron chi connectivity index (χ1n) is 9.15. The van der Waals surface area contributed by atoms with Crippen LogP contribution in [0.2, 0.25) is 0 Å². The Morgan fingerprint density at radius 1 is 1.14 bits per heavy atom.